The summed E-state index contributed by atoms with van der Waals surface area (Å²) in [6, 6.07) is 7.02. The van der Waals surface area contributed by atoms with Gasteiger partial charge in [-0.2, -0.15) is 0 Å². The molecule has 2 N–H and O–H groups in total. The quantitative estimate of drug-likeness (QED) is 0.469. The van der Waals surface area contributed by atoms with Crippen molar-refractivity contribution in [2.75, 3.05) is 39.6 Å². The van der Waals surface area contributed by atoms with Gasteiger partial charge in [-0.25, -0.2) is 9.78 Å². The number of benzene rings is 1. The van der Waals surface area contributed by atoms with Gasteiger partial charge in [-0.1, -0.05) is 12.1 Å². The van der Waals surface area contributed by atoms with Crippen LogP contribution in [0.25, 0.3) is 10.9 Å². The zero-order valence-corrected chi connectivity index (χ0v) is 20.5. The van der Waals surface area contributed by atoms with Gasteiger partial charge in [0.25, 0.3) is 11.5 Å². The minimum atomic E-state index is -0.601. The third-order valence-corrected chi connectivity index (χ3v) is 6.17. The van der Waals surface area contributed by atoms with E-state index in [2.05, 4.69) is 15.3 Å². The first kappa shape index (κ1) is 25.1. The molecule has 2 amide bonds. The number of esters is 1. The van der Waals surface area contributed by atoms with E-state index in [0.29, 0.717) is 27.2 Å². The number of thiophene rings is 1. The van der Waals surface area contributed by atoms with Gasteiger partial charge in [0.2, 0.25) is 5.91 Å². The molecular formula is C23H27N5O5S. The van der Waals surface area contributed by atoms with Crippen LogP contribution >= 0.6 is 11.3 Å². The van der Waals surface area contributed by atoms with Crippen LogP contribution in [0.15, 0.2) is 29.1 Å². The van der Waals surface area contributed by atoms with Gasteiger partial charge >= 0.3 is 5.97 Å². The molecule has 0 aliphatic carbocycles. The van der Waals surface area contributed by atoms with Gasteiger partial charge in [-0.05, 0) is 38.6 Å². The number of nitrogens with one attached hydrogen (secondary N) is 2. The van der Waals surface area contributed by atoms with Gasteiger partial charge in [0.15, 0.2) is 0 Å². The molecule has 0 aliphatic heterocycles. The number of carbonyl (C=O) groups excluding carboxylic acids is 3. The van der Waals surface area contributed by atoms with Gasteiger partial charge in [-0.3, -0.25) is 19.3 Å². The Morgan fingerprint density at radius 1 is 1.18 bits per heavy atom. The van der Waals surface area contributed by atoms with Crippen molar-refractivity contribution in [3.8, 4) is 0 Å². The SMILES string of the molecule is CCOC(=O)c1c(NC(=O)CN(C)Cc2nc3ccccc3c(=O)[nH]2)sc(C(=O)N(C)C)c1C. The lowest BCUT2D eigenvalue weighted by Gasteiger charge is -2.16. The van der Waals surface area contributed by atoms with Crippen LogP contribution in [0.5, 0.6) is 0 Å². The van der Waals surface area contributed by atoms with Crippen molar-refractivity contribution in [1.29, 1.82) is 0 Å². The zero-order chi connectivity index (χ0) is 25.0. The second-order valence-corrected chi connectivity index (χ2v) is 8.95. The molecule has 34 heavy (non-hydrogen) atoms. The van der Waals surface area contributed by atoms with E-state index in [9.17, 15) is 19.2 Å². The molecule has 2 heterocycles. The van der Waals surface area contributed by atoms with E-state index in [0.717, 1.165) is 11.3 Å². The Bertz CT molecular complexity index is 1300. The van der Waals surface area contributed by atoms with Crippen molar-refractivity contribution in [2.45, 2.75) is 20.4 Å². The number of aromatic nitrogens is 2. The molecule has 11 heteroatoms. The third kappa shape index (κ3) is 5.49. The number of rotatable bonds is 8. The van der Waals surface area contributed by atoms with Crippen LogP contribution in [0, 0.1) is 6.92 Å². The lowest BCUT2D eigenvalue weighted by atomic mass is 10.1. The molecule has 1 aromatic carbocycles. The second-order valence-electron chi connectivity index (χ2n) is 7.93. The number of hydrogen-bond donors (Lipinski definition) is 2. The maximum atomic E-state index is 12.8. The van der Waals surface area contributed by atoms with Crippen molar-refractivity contribution in [1.82, 2.24) is 19.8 Å². The van der Waals surface area contributed by atoms with Gasteiger partial charge in [-0.15, -0.1) is 11.3 Å². The standard InChI is InChI=1S/C23H27N5O5S/c1-6-33-23(32)18-13(2)19(22(31)27(3)4)34-21(18)26-17(29)12-28(5)11-16-24-15-10-8-7-9-14(15)20(30)25-16/h7-10H,6,11-12H2,1-5H3,(H,26,29)(H,24,25,30). The molecule has 0 saturated heterocycles. The fourth-order valence-electron chi connectivity index (χ4n) is 3.39. The fourth-order valence-corrected chi connectivity index (χ4v) is 4.62. The summed E-state index contributed by atoms with van der Waals surface area (Å²) in [5.41, 5.74) is 0.965. The molecule has 0 aliphatic rings. The number of likely N-dealkylation sites (N-methyl/N-ethyl adjacent to an activating group) is 1. The van der Waals surface area contributed by atoms with Crippen LogP contribution in [0.3, 0.4) is 0 Å². The average molecular weight is 486 g/mol. The van der Waals surface area contributed by atoms with Crippen LogP contribution in [-0.4, -0.2) is 71.8 Å². The summed E-state index contributed by atoms with van der Waals surface area (Å²) in [5.74, 6) is -0.828. The molecule has 0 atom stereocenters. The molecule has 0 fully saturated rings. The van der Waals surface area contributed by atoms with E-state index in [1.54, 1.807) is 64.2 Å². The summed E-state index contributed by atoms with van der Waals surface area (Å²) in [6.45, 7) is 3.70. The summed E-state index contributed by atoms with van der Waals surface area (Å²) in [7, 11) is 4.94. The smallest absolute Gasteiger partial charge is 0.341 e. The highest BCUT2D eigenvalue weighted by Crippen LogP contribution is 2.34. The molecule has 10 nitrogen and oxygen atoms in total. The van der Waals surface area contributed by atoms with E-state index in [4.69, 9.17) is 4.74 Å². The van der Waals surface area contributed by atoms with Crippen molar-refractivity contribution in [3.63, 3.8) is 0 Å². The first-order chi connectivity index (χ1) is 16.1. The minimum absolute atomic E-state index is 0.0350. The van der Waals surface area contributed by atoms with E-state index in [-0.39, 0.29) is 47.6 Å². The van der Waals surface area contributed by atoms with Crippen molar-refractivity contribution in [3.05, 3.63) is 56.4 Å². The molecule has 3 aromatic rings. The number of carbonyl (C=O) groups is 3. The number of H-pyrrole nitrogens is 1. The highest BCUT2D eigenvalue weighted by molar-refractivity contribution is 7.18. The fraction of sp³-hybridized carbons (Fsp3) is 0.348. The number of hydrogen-bond acceptors (Lipinski definition) is 8. The molecular weight excluding hydrogens is 458 g/mol. The lowest BCUT2D eigenvalue weighted by molar-refractivity contribution is -0.117. The molecule has 3 rings (SSSR count). The molecule has 0 unspecified atom stereocenters. The molecule has 180 valence electrons. The van der Waals surface area contributed by atoms with Crippen LogP contribution in [-0.2, 0) is 16.1 Å². The third-order valence-electron chi connectivity index (χ3n) is 4.97. The number of anilines is 1. The van der Waals surface area contributed by atoms with Crippen LogP contribution in [0.1, 0.15) is 38.3 Å². The van der Waals surface area contributed by atoms with Crippen molar-refractivity contribution < 1.29 is 19.1 Å². The Labute approximate surface area is 200 Å². The van der Waals surface area contributed by atoms with E-state index >= 15 is 0 Å². The van der Waals surface area contributed by atoms with Gasteiger partial charge < -0.3 is 19.9 Å². The summed E-state index contributed by atoms with van der Waals surface area (Å²) in [4.78, 5) is 60.7. The van der Waals surface area contributed by atoms with E-state index in [1.165, 1.54) is 4.90 Å². The van der Waals surface area contributed by atoms with Crippen molar-refractivity contribution >= 4 is 45.0 Å². The second kappa shape index (κ2) is 10.6. The van der Waals surface area contributed by atoms with E-state index in [1.807, 2.05) is 0 Å². The van der Waals surface area contributed by atoms with Gasteiger partial charge in [0.1, 0.15) is 10.8 Å². The number of aromatic amines is 1. The highest BCUT2D eigenvalue weighted by Gasteiger charge is 2.27. The molecule has 0 bridgehead atoms. The minimum Gasteiger partial charge on any atom is -0.462 e. The number of para-hydroxylation sites is 1. The molecule has 0 saturated carbocycles. The number of ether oxygens (including phenoxy) is 1. The molecule has 0 radical (unpaired) electrons. The summed E-state index contributed by atoms with van der Waals surface area (Å²) in [5, 5.41) is 3.49. The first-order valence-electron chi connectivity index (χ1n) is 10.6. The first-order valence-corrected chi connectivity index (χ1v) is 11.4. The van der Waals surface area contributed by atoms with Gasteiger partial charge in [0, 0.05) is 14.1 Å². The Kier molecular flexibility index (Phi) is 7.79. The largest absolute Gasteiger partial charge is 0.462 e. The predicted molar refractivity (Wildman–Crippen MR) is 130 cm³/mol. The topological polar surface area (TPSA) is 125 Å². The van der Waals surface area contributed by atoms with E-state index < -0.39 is 5.97 Å². The van der Waals surface area contributed by atoms with Crippen LogP contribution < -0.4 is 10.9 Å². The average Bonchev–Trinajstić information content (AvgIpc) is 3.08. The van der Waals surface area contributed by atoms with Crippen LogP contribution in [0.4, 0.5) is 5.00 Å². The normalized spacial score (nSPS) is 11.0. The zero-order valence-electron chi connectivity index (χ0n) is 19.7. The Balaban J connectivity index is 1.77. The summed E-state index contributed by atoms with van der Waals surface area (Å²) < 4.78 is 5.13. The number of amides is 2. The maximum Gasteiger partial charge on any atom is 0.341 e. The summed E-state index contributed by atoms with van der Waals surface area (Å²) in [6.07, 6.45) is 0. The molecule has 0 spiro atoms. The Hall–Kier alpha value is -3.57. The maximum absolute atomic E-state index is 12.8. The Morgan fingerprint density at radius 2 is 1.88 bits per heavy atom. The highest BCUT2D eigenvalue weighted by atomic mass is 32.1. The lowest BCUT2D eigenvalue weighted by Crippen LogP contribution is -2.31. The molecule has 2 aromatic heterocycles. The monoisotopic (exact) mass is 485 g/mol. The predicted octanol–water partition coefficient (Wildman–Crippen LogP) is 2.24. The van der Waals surface area contributed by atoms with Gasteiger partial charge in [0.05, 0.1) is 41.0 Å². The summed E-state index contributed by atoms with van der Waals surface area (Å²) >= 11 is 1.04. The Morgan fingerprint density at radius 3 is 2.56 bits per heavy atom. The number of nitrogens with zero attached hydrogens (tertiary/aromatic N) is 3. The van der Waals surface area contributed by atoms with Crippen LogP contribution in [0.2, 0.25) is 0 Å². The number of fused-ring (bicyclic) bond motifs is 1. The van der Waals surface area contributed by atoms with Crippen molar-refractivity contribution in [2.24, 2.45) is 0 Å².